The highest BCUT2D eigenvalue weighted by Gasteiger charge is 2.33. The third-order valence-electron chi connectivity index (χ3n) is 9.59. The van der Waals surface area contributed by atoms with Crippen molar-refractivity contribution < 1.29 is 0 Å². The molecule has 0 spiro atoms. The number of aromatic nitrogens is 2. The average Bonchev–Trinajstić information content (AvgIpc) is 3.38. The van der Waals surface area contributed by atoms with E-state index in [0.29, 0.717) is 0 Å². The summed E-state index contributed by atoms with van der Waals surface area (Å²) in [6.07, 6.45) is 1.87. The first-order valence-electron chi connectivity index (χ1n) is 15.8. The fourth-order valence-electron chi connectivity index (χ4n) is 7.14. The first-order chi connectivity index (χ1) is 21.7. The molecule has 3 nitrogen and oxygen atoms in total. The zero-order valence-electron chi connectivity index (χ0n) is 26.5. The van der Waals surface area contributed by atoms with Gasteiger partial charge in [-0.1, -0.05) is 107 Å². The molecule has 3 heterocycles. The number of nitrogens with one attached hydrogen (secondary N) is 1. The standard InChI is InChI=1S/C42H37N3/c1-41(2,3)29-23-28(36-17-10-11-22-43-36)24-30(26-29)45-38-19-9-6-13-32(38)33-21-20-27(25-39(33)45)31-14-12-16-35-40(31)44-37-18-8-7-15-34(37)42(35,4)5/h6-26,44H,1-5H3. The Bertz CT molecular complexity index is 2250. The maximum absolute atomic E-state index is 4.73. The number of hydrogen-bond acceptors (Lipinski definition) is 2. The molecule has 3 heteroatoms. The summed E-state index contributed by atoms with van der Waals surface area (Å²) in [5.41, 5.74) is 14.2. The molecule has 0 bridgehead atoms. The van der Waals surface area contributed by atoms with E-state index in [9.17, 15) is 0 Å². The zero-order valence-corrected chi connectivity index (χ0v) is 26.5. The van der Waals surface area contributed by atoms with E-state index in [4.69, 9.17) is 4.98 Å². The lowest BCUT2D eigenvalue weighted by molar-refractivity contribution is 0.590. The first kappa shape index (κ1) is 27.4. The van der Waals surface area contributed by atoms with Crippen molar-refractivity contribution in [2.45, 2.75) is 45.4 Å². The van der Waals surface area contributed by atoms with Crippen LogP contribution in [0.2, 0.25) is 0 Å². The van der Waals surface area contributed by atoms with Gasteiger partial charge in [-0.05, 0) is 76.2 Å². The molecular formula is C42H37N3. The number of para-hydroxylation sites is 3. The summed E-state index contributed by atoms with van der Waals surface area (Å²) in [4.78, 5) is 4.73. The molecule has 0 unspecified atom stereocenters. The van der Waals surface area contributed by atoms with Gasteiger partial charge in [-0.25, -0.2) is 0 Å². The van der Waals surface area contributed by atoms with Crippen LogP contribution in [0, 0.1) is 0 Å². The van der Waals surface area contributed by atoms with Crippen LogP contribution in [0.15, 0.2) is 128 Å². The Morgan fingerprint density at radius 3 is 2.22 bits per heavy atom. The van der Waals surface area contributed by atoms with Crippen molar-refractivity contribution in [2.24, 2.45) is 0 Å². The van der Waals surface area contributed by atoms with Crippen LogP contribution < -0.4 is 5.32 Å². The van der Waals surface area contributed by atoms with Gasteiger partial charge >= 0.3 is 0 Å². The third-order valence-corrected chi connectivity index (χ3v) is 9.59. The Morgan fingerprint density at radius 2 is 1.40 bits per heavy atom. The van der Waals surface area contributed by atoms with Crippen molar-refractivity contribution >= 4 is 33.2 Å². The first-order valence-corrected chi connectivity index (χ1v) is 15.8. The second kappa shape index (κ2) is 9.93. The number of pyridine rings is 1. The third kappa shape index (κ3) is 4.37. The summed E-state index contributed by atoms with van der Waals surface area (Å²) in [6.45, 7) is 11.5. The van der Waals surface area contributed by atoms with Crippen LogP contribution in [0.5, 0.6) is 0 Å². The molecule has 7 aromatic rings. The van der Waals surface area contributed by atoms with E-state index >= 15 is 0 Å². The van der Waals surface area contributed by atoms with Crippen LogP contribution in [0.1, 0.15) is 51.3 Å². The van der Waals surface area contributed by atoms with Gasteiger partial charge in [0.1, 0.15) is 0 Å². The highest BCUT2D eigenvalue weighted by atomic mass is 15.0. The molecular weight excluding hydrogens is 546 g/mol. The van der Waals surface area contributed by atoms with Gasteiger partial charge in [-0.15, -0.1) is 0 Å². The molecule has 0 saturated heterocycles. The topological polar surface area (TPSA) is 29.9 Å². The fourth-order valence-corrected chi connectivity index (χ4v) is 7.14. The minimum Gasteiger partial charge on any atom is -0.355 e. The van der Waals surface area contributed by atoms with Crippen LogP contribution in [-0.2, 0) is 10.8 Å². The summed E-state index contributed by atoms with van der Waals surface area (Å²) in [5, 5.41) is 6.32. The molecule has 45 heavy (non-hydrogen) atoms. The Hall–Kier alpha value is -5.15. The van der Waals surface area contributed by atoms with E-state index in [0.717, 1.165) is 16.9 Å². The van der Waals surface area contributed by atoms with Crippen LogP contribution >= 0.6 is 0 Å². The smallest absolute Gasteiger partial charge is 0.0702 e. The summed E-state index contributed by atoms with van der Waals surface area (Å²) < 4.78 is 2.44. The monoisotopic (exact) mass is 583 g/mol. The normalized spacial score (nSPS) is 13.8. The molecule has 1 aliphatic heterocycles. The lowest BCUT2D eigenvalue weighted by Gasteiger charge is -2.36. The SMILES string of the molecule is CC(C)(C)c1cc(-c2ccccn2)cc(-n2c3ccccc3c3ccc(-c4cccc5c4Nc4ccccc4C5(C)C)cc32)c1. The van der Waals surface area contributed by atoms with E-state index in [1.54, 1.807) is 0 Å². The molecule has 0 atom stereocenters. The average molecular weight is 584 g/mol. The lowest BCUT2D eigenvalue weighted by atomic mass is 9.73. The number of fused-ring (bicyclic) bond motifs is 5. The van der Waals surface area contributed by atoms with Gasteiger partial charge in [0.15, 0.2) is 0 Å². The highest BCUT2D eigenvalue weighted by Crippen LogP contribution is 2.49. The molecule has 1 N–H and O–H groups in total. The van der Waals surface area contributed by atoms with Crippen LogP contribution in [0.25, 0.3) is 49.9 Å². The second-order valence-electron chi connectivity index (χ2n) is 13.8. The van der Waals surface area contributed by atoms with Crippen LogP contribution in [-0.4, -0.2) is 9.55 Å². The lowest BCUT2D eigenvalue weighted by Crippen LogP contribution is -2.26. The summed E-state index contributed by atoms with van der Waals surface area (Å²) in [7, 11) is 0. The van der Waals surface area contributed by atoms with Gasteiger partial charge in [-0.2, -0.15) is 0 Å². The van der Waals surface area contributed by atoms with E-state index in [1.807, 2.05) is 12.3 Å². The van der Waals surface area contributed by atoms with Crippen molar-refractivity contribution in [3.05, 3.63) is 144 Å². The highest BCUT2D eigenvalue weighted by molar-refractivity contribution is 6.10. The molecule has 0 aliphatic carbocycles. The fraction of sp³-hybridized carbons (Fsp3) is 0.167. The molecule has 2 aromatic heterocycles. The van der Waals surface area contributed by atoms with E-state index in [1.165, 1.54) is 61.0 Å². The van der Waals surface area contributed by atoms with E-state index in [-0.39, 0.29) is 10.8 Å². The Kier molecular flexibility index (Phi) is 6.05. The zero-order chi connectivity index (χ0) is 30.9. The van der Waals surface area contributed by atoms with Crippen LogP contribution in [0.3, 0.4) is 0 Å². The molecule has 0 radical (unpaired) electrons. The molecule has 220 valence electrons. The predicted octanol–water partition coefficient (Wildman–Crippen LogP) is 11.2. The molecule has 0 fully saturated rings. The number of hydrogen-bond donors (Lipinski definition) is 1. The van der Waals surface area contributed by atoms with E-state index in [2.05, 4.69) is 160 Å². The van der Waals surface area contributed by atoms with Gasteiger partial charge in [0.2, 0.25) is 0 Å². The van der Waals surface area contributed by atoms with Gasteiger partial charge in [0, 0.05) is 44.9 Å². The Labute approximate surface area is 265 Å². The number of rotatable bonds is 3. The number of benzene rings is 5. The summed E-state index contributed by atoms with van der Waals surface area (Å²) in [5.74, 6) is 0. The number of nitrogens with zero attached hydrogens (tertiary/aromatic N) is 2. The maximum Gasteiger partial charge on any atom is 0.0702 e. The molecule has 8 rings (SSSR count). The molecule has 1 aliphatic rings. The quantitative estimate of drug-likeness (QED) is 0.224. The van der Waals surface area contributed by atoms with Crippen LogP contribution in [0.4, 0.5) is 11.4 Å². The largest absolute Gasteiger partial charge is 0.355 e. The Balaban J connectivity index is 1.38. The maximum atomic E-state index is 4.73. The second-order valence-corrected chi connectivity index (χ2v) is 13.8. The van der Waals surface area contributed by atoms with Gasteiger partial charge in [-0.3, -0.25) is 4.98 Å². The van der Waals surface area contributed by atoms with Crippen molar-refractivity contribution in [3.63, 3.8) is 0 Å². The summed E-state index contributed by atoms with van der Waals surface area (Å²) >= 11 is 0. The van der Waals surface area contributed by atoms with Crippen molar-refractivity contribution in [1.82, 2.24) is 9.55 Å². The van der Waals surface area contributed by atoms with Gasteiger partial charge < -0.3 is 9.88 Å². The van der Waals surface area contributed by atoms with E-state index < -0.39 is 0 Å². The molecule has 0 amide bonds. The van der Waals surface area contributed by atoms with Gasteiger partial charge in [0.25, 0.3) is 0 Å². The molecule has 5 aromatic carbocycles. The van der Waals surface area contributed by atoms with Crippen molar-refractivity contribution in [1.29, 1.82) is 0 Å². The van der Waals surface area contributed by atoms with Crippen molar-refractivity contribution in [2.75, 3.05) is 5.32 Å². The minimum absolute atomic E-state index is 0.0265. The predicted molar refractivity (Wildman–Crippen MR) is 190 cm³/mol. The summed E-state index contributed by atoms with van der Waals surface area (Å²) in [6, 6.07) is 44.2. The Morgan fingerprint density at radius 1 is 0.644 bits per heavy atom. The number of anilines is 2. The molecule has 0 saturated carbocycles. The van der Waals surface area contributed by atoms with Gasteiger partial charge in [0.05, 0.1) is 22.4 Å². The van der Waals surface area contributed by atoms with Crippen molar-refractivity contribution in [3.8, 4) is 28.1 Å². The minimum atomic E-state index is -0.110.